The Bertz CT molecular complexity index is 613. The number of carbonyl (C=O) groups is 1. The third kappa shape index (κ3) is 2.70. The summed E-state index contributed by atoms with van der Waals surface area (Å²) in [6, 6.07) is 9.61. The van der Waals surface area contributed by atoms with Gasteiger partial charge in [0, 0.05) is 5.56 Å². The van der Waals surface area contributed by atoms with Crippen LogP contribution in [0.2, 0.25) is 0 Å². The predicted molar refractivity (Wildman–Crippen MR) is 67.8 cm³/mol. The van der Waals surface area contributed by atoms with Gasteiger partial charge in [-0.2, -0.15) is 0 Å². The number of carboxylic acid groups (broad SMARTS) is 1. The van der Waals surface area contributed by atoms with Crippen LogP contribution in [0.4, 0.5) is 4.39 Å². The van der Waals surface area contributed by atoms with E-state index >= 15 is 0 Å². The van der Waals surface area contributed by atoms with Gasteiger partial charge in [-0.15, -0.1) is 0 Å². The van der Waals surface area contributed by atoms with Crippen molar-refractivity contribution in [1.29, 1.82) is 0 Å². The third-order valence-electron chi connectivity index (χ3n) is 2.51. The van der Waals surface area contributed by atoms with Gasteiger partial charge in [-0.25, -0.2) is 14.2 Å². The smallest absolute Gasteiger partial charge is 0.357 e. The Kier molecular flexibility index (Phi) is 3.75. The number of aromatic carboxylic acids is 1. The molecule has 98 valence electrons. The van der Waals surface area contributed by atoms with Gasteiger partial charge in [0.05, 0.1) is 12.3 Å². The zero-order chi connectivity index (χ0) is 13.8. The second-order valence-electron chi connectivity index (χ2n) is 3.76. The van der Waals surface area contributed by atoms with Gasteiger partial charge in [0.2, 0.25) is 0 Å². The van der Waals surface area contributed by atoms with Gasteiger partial charge in [-0.1, -0.05) is 12.1 Å². The molecule has 0 aliphatic carbocycles. The van der Waals surface area contributed by atoms with Crippen molar-refractivity contribution in [3.63, 3.8) is 0 Å². The number of pyridine rings is 1. The van der Waals surface area contributed by atoms with Gasteiger partial charge in [-0.3, -0.25) is 0 Å². The Morgan fingerprint density at radius 1 is 1.32 bits per heavy atom. The molecule has 0 spiro atoms. The fourth-order valence-corrected chi connectivity index (χ4v) is 1.70. The van der Waals surface area contributed by atoms with Crippen molar-refractivity contribution in [2.45, 2.75) is 6.92 Å². The minimum Gasteiger partial charge on any atom is -0.493 e. The van der Waals surface area contributed by atoms with Crippen LogP contribution in [0.3, 0.4) is 0 Å². The maximum Gasteiger partial charge on any atom is 0.357 e. The molecule has 0 radical (unpaired) electrons. The van der Waals surface area contributed by atoms with Crippen molar-refractivity contribution in [3.8, 4) is 17.0 Å². The van der Waals surface area contributed by atoms with Gasteiger partial charge in [0.15, 0.2) is 11.5 Å². The highest BCUT2D eigenvalue weighted by atomic mass is 19.1. The molecule has 0 unspecified atom stereocenters. The van der Waals surface area contributed by atoms with E-state index in [0.717, 1.165) is 6.07 Å². The number of hydrogen-bond acceptors (Lipinski definition) is 3. The van der Waals surface area contributed by atoms with Crippen molar-refractivity contribution in [2.75, 3.05) is 6.61 Å². The molecule has 0 aliphatic rings. The molecule has 19 heavy (non-hydrogen) atoms. The molecule has 0 aliphatic heterocycles. The molecule has 0 fully saturated rings. The van der Waals surface area contributed by atoms with E-state index in [1.54, 1.807) is 24.3 Å². The average molecular weight is 261 g/mol. The Hall–Kier alpha value is -2.43. The standard InChI is InChI=1S/C14H12FNO3/c1-2-19-12-6-4-3-5-9(12)11-8-7-10(15)13(16-11)14(17)18/h3-8H,2H2,1H3,(H,17,18). The van der Waals surface area contributed by atoms with Gasteiger partial charge >= 0.3 is 5.97 Å². The van der Waals surface area contributed by atoms with Crippen LogP contribution in [0.15, 0.2) is 36.4 Å². The lowest BCUT2D eigenvalue weighted by molar-refractivity contribution is 0.0685. The number of aromatic nitrogens is 1. The SMILES string of the molecule is CCOc1ccccc1-c1ccc(F)c(C(=O)O)n1. The van der Waals surface area contributed by atoms with Crippen molar-refractivity contribution in [2.24, 2.45) is 0 Å². The minimum absolute atomic E-state index is 0.364. The first kappa shape index (κ1) is 13.0. The van der Waals surface area contributed by atoms with E-state index in [4.69, 9.17) is 9.84 Å². The van der Waals surface area contributed by atoms with E-state index in [9.17, 15) is 9.18 Å². The molecule has 0 amide bonds. The lowest BCUT2D eigenvalue weighted by atomic mass is 10.1. The van der Waals surface area contributed by atoms with Crippen LogP contribution >= 0.6 is 0 Å². The minimum atomic E-state index is -1.40. The molecule has 2 rings (SSSR count). The topological polar surface area (TPSA) is 59.4 Å². The van der Waals surface area contributed by atoms with Crippen LogP contribution in [-0.4, -0.2) is 22.7 Å². The first-order valence-corrected chi connectivity index (χ1v) is 5.75. The molecule has 1 aromatic carbocycles. The van der Waals surface area contributed by atoms with Crippen molar-refractivity contribution < 1.29 is 19.0 Å². The molecule has 0 saturated heterocycles. The van der Waals surface area contributed by atoms with Gasteiger partial charge in [0.25, 0.3) is 0 Å². The van der Waals surface area contributed by atoms with Crippen LogP contribution in [0.5, 0.6) is 5.75 Å². The quantitative estimate of drug-likeness (QED) is 0.919. The maximum atomic E-state index is 13.3. The van der Waals surface area contributed by atoms with Crippen LogP contribution in [-0.2, 0) is 0 Å². The lowest BCUT2D eigenvalue weighted by Crippen LogP contribution is -2.05. The van der Waals surface area contributed by atoms with Crippen LogP contribution in [0, 0.1) is 5.82 Å². The van der Waals surface area contributed by atoms with E-state index in [-0.39, 0.29) is 0 Å². The summed E-state index contributed by atoms with van der Waals surface area (Å²) in [5.41, 5.74) is 0.401. The van der Waals surface area contributed by atoms with Crippen molar-refractivity contribution >= 4 is 5.97 Å². The van der Waals surface area contributed by atoms with E-state index in [1.165, 1.54) is 6.07 Å². The van der Waals surface area contributed by atoms with Crippen molar-refractivity contribution in [3.05, 3.63) is 47.9 Å². The molecule has 5 heteroatoms. The van der Waals surface area contributed by atoms with Crippen molar-refractivity contribution in [1.82, 2.24) is 4.98 Å². The summed E-state index contributed by atoms with van der Waals surface area (Å²) in [6.45, 7) is 2.32. The molecule has 1 aromatic heterocycles. The maximum absolute atomic E-state index is 13.3. The van der Waals surface area contributed by atoms with Crippen LogP contribution < -0.4 is 4.74 Å². The van der Waals surface area contributed by atoms with Crippen LogP contribution in [0.25, 0.3) is 11.3 Å². The third-order valence-corrected chi connectivity index (χ3v) is 2.51. The second-order valence-corrected chi connectivity index (χ2v) is 3.76. The molecule has 0 saturated carbocycles. The number of rotatable bonds is 4. The number of nitrogens with zero attached hydrogens (tertiary/aromatic N) is 1. The Labute approximate surface area is 109 Å². The molecule has 1 N–H and O–H groups in total. The normalized spacial score (nSPS) is 10.2. The summed E-state index contributed by atoms with van der Waals surface area (Å²) in [4.78, 5) is 14.7. The first-order chi connectivity index (χ1) is 9.13. The molecule has 2 aromatic rings. The number of benzene rings is 1. The highest BCUT2D eigenvalue weighted by molar-refractivity contribution is 5.86. The van der Waals surface area contributed by atoms with E-state index < -0.39 is 17.5 Å². The van der Waals surface area contributed by atoms with E-state index in [0.29, 0.717) is 23.6 Å². The van der Waals surface area contributed by atoms with Gasteiger partial charge in [0.1, 0.15) is 5.75 Å². The average Bonchev–Trinajstić information content (AvgIpc) is 2.40. The summed E-state index contributed by atoms with van der Waals surface area (Å²) in [5, 5.41) is 8.88. The summed E-state index contributed by atoms with van der Waals surface area (Å²) in [6.07, 6.45) is 0. The summed E-state index contributed by atoms with van der Waals surface area (Å²) >= 11 is 0. The van der Waals surface area contributed by atoms with E-state index in [2.05, 4.69) is 4.98 Å². The zero-order valence-corrected chi connectivity index (χ0v) is 10.3. The molecular formula is C14H12FNO3. The Morgan fingerprint density at radius 2 is 2.05 bits per heavy atom. The molecule has 0 bridgehead atoms. The summed E-state index contributed by atoms with van der Waals surface area (Å²) < 4.78 is 18.8. The highest BCUT2D eigenvalue weighted by Crippen LogP contribution is 2.28. The first-order valence-electron chi connectivity index (χ1n) is 5.75. The fourth-order valence-electron chi connectivity index (χ4n) is 1.70. The monoisotopic (exact) mass is 261 g/mol. The number of carboxylic acids is 1. The number of para-hydroxylation sites is 1. The van der Waals surface area contributed by atoms with E-state index in [1.807, 2.05) is 6.92 Å². The highest BCUT2D eigenvalue weighted by Gasteiger charge is 2.15. The molecule has 0 atom stereocenters. The number of ether oxygens (including phenoxy) is 1. The van der Waals surface area contributed by atoms with Crippen LogP contribution in [0.1, 0.15) is 17.4 Å². The Balaban J connectivity index is 2.53. The molecular weight excluding hydrogens is 249 g/mol. The Morgan fingerprint density at radius 3 is 2.74 bits per heavy atom. The number of hydrogen-bond donors (Lipinski definition) is 1. The fraction of sp³-hybridized carbons (Fsp3) is 0.143. The summed E-state index contributed by atoms with van der Waals surface area (Å²) in [7, 11) is 0. The second kappa shape index (κ2) is 5.48. The largest absolute Gasteiger partial charge is 0.493 e. The lowest BCUT2D eigenvalue weighted by Gasteiger charge is -2.10. The predicted octanol–water partition coefficient (Wildman–Crippen LogP) is 2.98. The molecule has 4 nitrogen and oxygen atoms in total. The van der Waals surface area contributed by atoms with Gasteiger partial charge < -0.3 is 9.84 Å². The summed E-state index contributed by atoms with van der Waals surface area (Å²) in [5.74, 6) is -1.67. The zero-order valence-electron chi connectivity index (χ0n) is 10.3. The molecule has 1 heterocycles. The van der Waals surface area contributed by atoms with Gasteiger partial charge in [-0.05, 0) is 31.2 Å². The number of halogens is 1.